The number of methoxy groups -OCH3 is 1. The zero-order chi connectivity index (χ0) is 13.8. The van der Waals surface area contributed by atoms with Crippen LogP contribution in [-0.2, 0) is 4.74 Å². The number of pyridine rings is 1. The molecule has 1 aliphatic rings. The first kappa shape index (κ1) is 13.8. The molecule has 19 heavy (non-hydrogen) atoms. The van der Waals surface area contributed by atoms with E-state index >= 15 is 0 Å². The van der Waals surface area contributed by atoms with E-state index in [1.54, 1.807) is 18.3 Å². The number of rotatable bonds is 3. The number of nitrogens with two attached hydrogens (primary N) is 1. The molecule has 0 bridgehead atoms. The molecule has 1 aliphatic heterocycles. The summed E-state index contributed by atoms with van der Waals surface area (Å²) in [6.45, 7) is 3.69. The van der Waals surface area contributed by atoms with E-state index in [9.17, 15) is 4.79 Å². The third-order valence-corrected chi connectivity index (χ3v) is 3.71. The van der Waals surface area contributed by atoms with Crippen molar-refractivity contribution in [1.82, 2.24) is 4.98 Å². The molecular weight excluding hydrogens is 242 g/mol. The number of carbonyl (C=O) groups is 1. The number of ether oxygens (including phenoxy) is 1. The second-order valence-electron chi connectivity index (χ2n) is 5.08. The Kier molecular flexibility index (Phi) is 4.37. The summed E-state index contributed by atoms with van der Waals surface area (Å²) >= 11 is 0. The van der Waals surface area contributed by atoms with Gasteiger partial charge in [0, 0.05) is 25.3 Å². The van der Waals surface area contributed by atoms with Crippen molar-refractivity contribution in [3.05, 3.63) is 23.9 Å². The fourth-order valence-electron chi connectivity index (χ4n) is 2.65. The van der Waals surface area contributed by atoms with Crippen LogP contribution in [0.1, 0.15) is 30.1 Å². The zero-order valence-corrected chi connectivity index (χ0v) is 11.5. The first-order chi connectivity index (χ1) is 9.17. The van der Waals surface area contributed by atoms with Gasteiger partial charge in [-0.1, -0.05) is 6.92 Å². The minimum atomic E-state index is -0.350. The molecule has 0 radical (unpaired) electrons. The van der Waals surface area contributed by atoms with E-state index in [1.807, 2.05) is 0 Å². The largest absolute Gasteiger partial charge is 0.465 e. The van der Waals surface area contributed by atoms with Crippen molar-refractivity contribution < 1.29 is 9.53 Å². The maximum absolute atomic E-state index is 11.8. The lowest BCUT2D eigenvalue weighted by Crippen LogP contribution is -2.47. The number of esters is 1. The Labute approximate surface area is 113 Å². The average Bonchev–Trinajstić information content (AvgIpc) is 2.46. The smallest absolute Gasteiger partial charge is 0.341 e. The highest BCUT2D eigenvalue weighted by Gasteiger charge is 2.29. The fourth-order valence-corrected chi connectivity index (χ4v) is 2.65. The molecule has 1 aromatic rings. The van der Waals surface area contributed by atoms with Gasteiger partial charge in [0.25, 0.3) is 0 Å². The number of aromatic nitrogens is 1. The summed E-state index contributed by atoms with van der Waals surface area (Å²) in [5.74, 6) is 1.00. The van der Waals surface area contributed by atoms with Gasteiger partial charge in [0.05, 0.1) is 7.11 Å². The van der Waals surface area contributed by atoms with E-state index in [-0.39, 0.29) is 12.0 Å². The molecule has 2 atom stereocenters. The highest BCUT2D eigenvalue weighted by atomic mass is 16.5. The molecule has 0 aromatic carbocycles. The van der Waals surface area contributed by atoms with Crippen LogP contribution in [-0.4, -0.2) is 37.2 Å². The maximum Gasteiger partial charge on any atom is 0.341 e. The molecular formula is C14H21N3O2. The van der Waals surface area contributed by atoms with Crippen molar-refractivity contribution in [2.75, 3.05) is 25.1 Å². The van der Waals surface area contributed by atoms with Crippen LogP contribution < -0.4 is 10.6 Å². The van der Waals surface area contributed by atoms with E-state index in [0.717, 1.165) is 19.4 Å². The quantitative estimate of drug-likeness (QED) is 0.836. The SMILES string of the molecule is COC(=O)c1cccnc1N1CCC(C)CC1CN. The van der Waals surface area contributed by atoms with Crippen molar-refractivity contribution in [2.45, 2.75) is 25.8 Å². The Bertz CT molecular complexity index is 450. The molecule has 5 nitrogen and oxygen atoms in total. The first-order valence-electron chi connectivity index (χ1n) is 6.67. The van der Waals surface area contributed by atoms with Crippen LogP contribution >= 0.6 is 0 Å². The molecule has 2 heterocycles. The summed E-state index contributed by atoms with van der Waals surface area (Å²) in [5, 5.41) is 0. The van der Waals surface area contributed by atoms with Crippen molar-refractivity contribution in [3.8, 4) is 0 Å². The number of nitrogens with zero attached hydrogens (tertiary/aromatic N) is 2. The van der Waals surface area contributed by atoms with Crippen molar-refractivity contribution in [3.63, 3.8) is 0 Å². The Morgan fingerprint density at radius 1 is 1.63 bits per heavy atom. The van der Waals surface area contributed by atoms with Gasteiger partial charge in [-0.2, -0.15) is 0 Å². The van der Waals surface area contributed by atoms with Gasteiger partial charge in [-0.25, -0.2) is 9.78 Å². The Hall–Kier alpha value is -1.62. The summed E-state index contributed by atoms with van der Waals surface area (Å²) in [5.41, 5.74) is 6.38. The molecule has 2 unspecified atom stereocenters. The fraction of sp³-hybridized carbons (Fsp3) is 0.571. The summed E-state index contributed by atoms with van der Waals surface area (Å²) < 4.78 is 4.82. The van der Waals surface area contributed by atoms with Gasteiger partial charge in [-0.05, 0) is 30.9 Å². The predicted molar refractivity (Wildman–Crippen MR) is 74.2 cm³/mol. The molecule has 1 aromatic heterocycles. The predicted octanol–water partition coefficient (Wildman–Crippen LogP) is 1.43. The van der Waals surface area contributed by atoms with E-state index in [1.165, 1.54) is 7.11 Å². The summed E-state index contributed by atoms with van der Waals surface area (Å²) in [6.07, 6.45) is 3.83. The molecule has 0 spiro atoms. The zero-order valence-electron chi connectivity index (χ0n) is 11.5. The van der Waals surface area contributed by atoms with Crippen LogP contribution in [0.5, 0.6) is 0 Å². The van der Waals surface area contributed by atoms with Crippen LogP contribution in [0.4, 0.5) is 5.82 Å². The Morgan fingerprint density at radius 3 is 3.11 bits per heavy atom. The van der Waals surface area contributed by atoms with Crippen LogP contribution in [0, 0.1) is 5.92 Å². The lowest BCUT2D eigenvalue weighted by atomic mass is 9.92. The molecule has 0 aliphatic carbocycles. The van der Waals surface area contributed by atoms with Crippen LogP contribution in [0.2, 0.25) is 0 Å². The second kappa shape index (κ2) is 6.02. The molecule has 0 amide bonds. The van der Waals surface area contributed by atoms with Gasteiger partial charge in [0.15, 0.2) is 0 Å². The Morgan fingerprint density at radius 2 is 2.42 bits per heavy atom. The van der Waals surface area contributed by atoms with Crippen molar-refractivity contribution in [1.29, 1.82) is 0 Å². The van der Waals surface area contributed by atoms with Crippen molar-refractivity contribution in [2.24, 2.45) is 11.7 Å². The topological polar surface area (TPSA) is 68.5 Å². The second-order valence-corrected chi connectivity index (χ2v) is 5.08. The molecule has 2 rings (SSSR count). The van der Waals surface area contributed by atoms with Gasteiger partial charge >= 0.3 is 5.97 Å². The minimum absolute atomic E-state index is 0.238. The van der Waals surface area contributed by atoms with Crippen LogP contribution in [0.15, 0.2) is 18.3 Å². The number of hydrogen-bond donors (Lipinski definition) is 1. The number of anilines is 1. The highest BCUT2D eigenvalue weighted by Crippen LogP contribution is 2.28. The molecule has 5 heteroatoms. The van der Waals surface area contributed by atoms with Gasteiger partial charge in [0.2, 0.25) is 0 Å². The standard InChI is InChI=1S/C14H21N3O2/c1-10-5-7-17(11(8-10)9-15)13-12(14(18)19-2)4-3-6-16-13/h3-4,6,10-11H,5,7-9,15H2,1-2H3. The third kappa shape index (κ3) is 2.87. The minimum Gasteiger partial charge on any atom is -0.465 e. The molecule has 0 saturated carbocycles. The molecule has 104 valence electrons. The molecule has 2 N–H and O–H groups in total. The molecule has 1 fully saturated rings. The number of carbonyl (C=O) groups excluding carboxylic acids is 1. The normalized spacial score (nSPS) is 23.2. The van der Waals surface area contributed by atoms with Gasteiger partial charge in [-0.15, -0.1) is 0 Å². The van der Waals surface area contributed by atoms with Crippen molar-refractivity contribution >= 4 is 11.8 Å². The maximum atomic E-state index is 11.8. The summed E-state index contributed by atoms with van der Waals surface area (Å²) in [7, 11) is 1.39. The van der Waals surface area contributed by atoms with Gasteiger partial charge in [-0.3, -0.25) is 0 Å². The number of piperidine rings is 1. The summed E-state index contributed by atoms with van der Waals surface area (Å²) in [4.78, 5) is 18.3. The van der Waals surface area contributed by atoms with Gasteiger partial charge < -0.3 is 15.4 Å². The van der Waals surface area contributed by atoms with E-state index < -0.39 is 0 Å². The molecule has 1 saturated heterocycles. The third-order valence-electron chi connectivity index (χ3n) is 3.71. The lowest BCUT2D eigenvalue weighted by molar-refractivity contribution is 0.0600. The summed E-state index contributed by atoms with van der Waals surface area (Å²) in [6, 6.07) is 3.74. The van der Waals surface area contributed by atoms with E-state index in [4.69, 9.17) is 10.5 Å². The van der Waals surface area contributed by atoms with Gasteiger partial charge in [0.1, 0.15) is 11.4 Å². The first-order valence-corrected chi connectivity index (χ1v) is 6.67. The highest BCUT2D eigenvalue weighted by molar-refractivity contribution is 5.94. The number of hydrogen-bond acceptors (Lipinski definition) is 5. The van der Waals surface area contributed by atoms with E-state index in [0.29, 0.717) is 23.8 Å². The van der Waals surface area contributed by atoms with E-state index in [2.05, 4.69) is 16.8 Å². The monoisotopic (exact) mass is 263 g/mol. The van der Waals surface area contributed by atoms with Crippen LogP contribution in [0.3, 0.4) is 0 Å². The Balaban J connectivity index is 2.32. The lowest BCUT2D eigenvalue weighted by Gasteiger charge is -2.39. The average molecular weight is 263 g/mol. The van der Waals surface area contributed by atoms with Crippen LogP contribution in [0.25, 0.3) is 0 Å².